The quantitative estimate of drug-likeness (QED) is 0.515. The third kappa shape index (κ3) is 4.22. The molecule has 0 saturated carbocycles. The Bertz CT molecular complexity index is 578. The number of carbonyl (C=O) groups excluding carboxylic acids is 1. The second kappa shape index (κ2) is 7.65. The predicted molar refractivity (Wildman–Crippen MR) is 89.6 cm³/mol. The summed E-state index contributed by atoms with van der Waals surface area (Å²) >= 11 is 5.07. The monoisotopic (exact) mass is 348 g/mol. The van der Waals surface area contributed by atoms with Crippen molar-refractivity contribution in [2.45, 2.75) is 24.7 Å². The summed E-state index contributed by atoms with van der Waals surface area (Å²) in [5.74, 6) is 0.643. The van der Waals surface area contributed by atoms with Crippen molar-refractivity contribution in [1.82, 2.24) is 0 Å². The van der Waals surface area contributed by atoms with Gasteiger partial charge in [0.1, 0.15) is 0 Å². The summed E-state index contributed by atoms with van der Waals surface area (Å²) in [4.78, 5) is 13.3. The molecule has 104 valence electrons. The van der Waals surface area contributed by atoms with Gasteiger partial charge in [0.2, 0.25) is 0 Å². The van der Waals surface area contributed by atoms with Gasteiger partial charge in [-0.25, -0.2) is 0 Å². The second-order valence-electron chi connectivity index (χ2n) is 4.59. The molecule has 20 heavy (non-hydrogen) atoms. The standard InChI is InChI=1S/C17H17BrOS/c1-2-5-13-8-10-14(11-9-13)16(19)12-20-17-7-4-3-6-15(17)18/h3-4,6-11H,2,5,12H2,1H3. The van der Waals surface area contributed by atoms with Crippen LogP contribution in [0, 0.1) is 0 Å². The molecule has 0 radical (unpaired) electrons. The minimum Gasteiger partial charge on any atom is -0.293 e. The van der Waals surface area contributed by atoms with Gasteiger partial charge in [0, 0.05) is 14.9 Å². The molecule has 2 aromatic carbocycles. The molecule has 0 aliphatic rings. The van der Waals surface area contributed by atoms with E-state index in [0.29, 0.717) is 5.75 Å². The Labute approximate surface area is 132 Å². The Hall–Kier alpha value is -1.06. The molecule has 0 aliphatic heterocycles. The van der Waals surface area contributed by atoms with E-state index in [-0.39, 0.29) is 5.78 Å². The number of hydrogen-bond donors (Lipinski definition) is 0. The number of ketones is 1. The maximum Gasteiger partial charge on any atom is 0.173 e. The average molecular weight is 349 g/mol. The molecule has 0 aliphatic carbocycles. The first-order chi connectivity index (χ1) is 9.70. The minimum absolute atomic E-state index is 0.175. The summed E-state index contributed by atoms with van der Waals surface area (Å²) < 4.78 is 1.04. The number of rotatable bonds is 6. The Morgan fingerprint density at radius 2 is 1.80 bits per heavy atom. The Kier molecular flexibility index (Phi) is 5.86. The van der Waals surface area contributed by atoms with Crippen LogP contribution >= 0.6 is 27.7 Å². The zero-order valence-electron chi connectivity index (χ0n) is 11.4. The van der Waals surface area contributed by atoms with Gasteiger partial charge >= 0.3 is 0 Å². The number of halogens is 1. The summed E-state index contributed by atoms with van der Waals surface area (Å²) in [6, 6.07) is 16.0. The summed E-state index contributed by atoms with van der Waals surface area (Å²) in [6.45, 7) is 2.16. The number of thioether (sulfide) groups is 1. The lowest BCUT2D eigenvalue weighted by molar-refractivity contribution is 0.102. The van der Waals surface area contributed by atoms with Crippen molar-refractivity contribution in [3.05, 3.63) is 64.1 Å². The fourth-order valence-electron chi connectivity index (χ4n) is 1.93. The Morgan fingerprint density at radius 3 is 2.45 bits per heavy atom. The zero-order valence-corrected chi connectivity index (χ0v) is 13.8. The van der Waals surface area contributed by atoms with Crippen molar-refractivity contribution in [1.29, 1.82) is 0 Å². The molecule has 1 nitrogen and oxygen atoms in total. The molecular weight excluding hydrogens is 332 g/mol. The predicted octanol–water partition coefficient (Wildman–Crippen LogP) is 5.38. The van der Waals surface area contributed by atoms with E-state index >= 15 is 0 Å². The third-order valence-corrected chi connectivity index (χ3v) is 5.04. The van der Waals surface area contributed by atoms with Crippen LogP contribution in [0.3, 0.4) is 0 Å². The summed E-state index contributed by atoms with van der Waals surface area (Å²) in [5.41, 5.74) is 2.09. The molecule has 0 aromatic heterocycles. The molecule has 2 aromatic rings. The number of benzene rings is 2. The molecule has 0 N–H and O–H groups in total. The molecule has 0 fully saturated rings. The van der Waals surface area contributed by atoms with Crippen molar-refractivity contribution in [3.63, 3.8) is 0 Å². The van der Waals surface area contributed by atoms with E-state index in [9.17, 15) is 4.79 Å². The first-order valence-corrected chi connectivity index (χ1v) is 8.48. The van der Waals surface area contributed by atoms with E-state index in [1.807, 2.05) is 36.4 Å². The molecule has 0 bridgehead atoms. The van der Waals surface area contributed by atoms with Crippen LogP contribution in [0.1, 0.15) is 29.3 Å². The SMILES string of the molecule is CCCc1ccc(C(=O)CSc2ccccc2Br)cc1. The van der Waals surface area contributed by atoms with Gasteiger partial charge < -0.3 is 0 Å². The zero-order chi connectivity index (χ0) is 14.4. The highest BCUT2D eigenvalue weighted by atomic mass is 79.9. The molecule has 0 heterocycles. The van der Waals surface area contributed by atoms with Crippen LogP contribution < -0.4 is 0 Å². The number of Topliss-reactive ketones (excluding diaryl/α,β-unsaturated/α-hetero) is 1. The second-order valence-corrected chi connectivity index (χ2v) is 6.46. The molecule has 0 spiro atoms. The number of aryl methyl sites for hydroxylation is 1. The van der Waals surface area contributed by atoms with Crippen molar-refractivity contribution in [2.24, 2.45) is 0 Å². The smallest absolute Gasteiger partial charge is 0.173 e. The highest BCUT2D eigenvalue weighted by molar-refractivity contribution is 9.10. The van der Waals surface area contributed by atoms with E-state index in [1.165, 1.54) is 5.56 Å². The van der Waals surface area contributed by atoms with E-state index in [4.69, 9.17) is 0 Å². The van der Waals surface area contributed by atoms with Crippen LogP contribution in [0.5, 0.6) is 0 Å². The lowest BCUT2D eigenvalue weighted by Gasteiger charge is -2.05. The minimum atomic E-state index is 0.175. The summed E-state index contributed by atoms with van der Waals surface area (Å²) in [6.07, 6.45) is 2.20. The van der Waals surface area contributed by atoms with Gasteiger partial charge in [-0.15, -0.1) is 11.8 Å². The fraction of sp³-hybridized carbons (Fsp3) is 0.235. The van der Waals surface area contributed by atoms with Gasteiger partial charge in [-0.05, 0) is 40.0 Å². The van der Waals surface area contributed by atoms with E-state index in [2.05, 4.69) is 35.0 Å². The maximum atomic E-state index is 12.2. The van der Waals surface area contributed by atoms with Gasteiger partial charge in [0.15, 0.2) is 5.78 Å². The summed E-state index contributed by atoms with van der Waals surface area (Å²) in [5, 5.41) is 0. The normalized spacial score (nSPS) is 10.5. The third-order valence-electron chi connectivity index (χ3n) is 3.01. The van der Waals surface area contributed by atoms with Crippen LogP contribution in [0.4, 0.5) is 0 Å². The van der Waals surface area contributed by atoms with Crippen LogP contribution in [0.25, 0.3) is 0 Å². The van der Waals surface area contributed by atoms with Crippen molar-refractivity contribution < 1.29 is 4.79 Å². The lowest BCUT2D eigenvalue weighted by Crippen LogP contribution is -2.02. The topological polar surface area (TPSA) is 17.1 Å². The number of carbonyl (C=O) groups is 1. The molecule has 3 heteroatoms. The molecular formula is C17H17BrOS. The van der Waals surface area contributed by atoms with Crippen LogP contribution in [-0.4, -0.2) is 11.5 Å². The average Bonchev–Trinajstić information content (AvgIpc) is 2.47. The molecule has 0 atom stereocenters. The molecule has 0 unspecified atom stereocenters. The maximum absolute atomic E-state index is 12.2. The Morgan fingerprint density at radius 1 is 1.10 bits per heavy atom. The largest absolute Gasteiger partial charge is 0.293 e. The van der Waals surface area contributed by atoms with Gasteiger partial charge in [0.25, 0.3) is 0 Å². The van der Waals surface area contributed by atoms with E-state index < -0.39 is 0 Å². The van der Waals surface area contributed by atoms with Gasteiger partial charge in [-0.1, -0.05) is 49.7 Å². The van der Waals surface area contributed by atoms with Gasteiger partial charge in [-0.2, -0.15) is 0 Å². The lowest BCUT2D eigenvalue weighted by atomic mass is 10.1. The molecule has 0 saturated heterocycles. The van der Waals surface area contributed by atoms with Gasteiger partial charge in [-0.3, -0.25) is 4.79 Å². The van der Waals surface area contributed by atoms with Crippen molar-refractivity contribution in [3.8, 4) is 0 Å². The Balaban J connectivity index is 1.96. The van der Waals surface area contributed by atoms with Crippen LogP contribution in [0.15, 0.2) is 57.9 Å². The van der Waals surface area contributed by atoms with Crippen molar-refractivity contribution >= 4 is 33.5 Å². The highest BCUT2D eigenvalue weighted by Gasteiger charge is 2.08. The van der Waals surface area contributed by atoms with Crippen LogP contribution in [-0.2, 0) is 6.42 Å². The van der Waals surface area contributed by atoms with Gasteiger partial charge in [0.05, 0.1) is 5.75 Å². The first-order valence-electron chi connectivity index (χ1n) is 6.70. The molecule has 2 rings (SSSR count). The molecule has 0 amide bonds. The van der Waals surface area contributed by atoms with Crippen LogP contribution in [0.2, 0.25) is 0 Å². The van der Waals surface area contributed by atoms with Crippen molar-refractivity contribution in [2.75, 3.05) is 5.75 Å². The van der Waals surface area contributed by atoms with E-state index in [1.54, 1.807) is 11.8 Å². The van der Waals surface area contributed by atoms with E-state index in [0.717, 1.165) is 27.8 Å². The first kappa shape index (κ1) is 15.3. The fourth-order valence-corrected chi connectivity index (χ4v) is 3.40. The summed E-state index contributed by atoms with van der Waals surface area (Å²) in [7, 11) is 0. The number of hydrogen-bond acceptors (Lipinski definition) is 2. The highest BCUT2D eigenvalue weighted by Crippen LogP contribution is 2.27.